The molecule has 2 bridgehead atoms. The number of hydrogen-bond donors (Lipinski definition) is 2. The van der Waals surface area contributed by atoms with Crippen molar-refractivity contribution in [1.82, 2.24) is 10.6 Å². The van der Waals surface area contributed by atoms with Crippen molar-refractivity contribution in [2.24, 2.45) is 17.3 Å². The molecule has 1 aromatic carbocycles. The van der Waals surface area contributed by atoms with E-state index in [-0.39, 0.29) is 35.2 Å². The van der Waals surface area contributed by atoms with Gasteiger partial charge in [-0.2, -0.15) is 0 Å². The molecule has 0 radical (unpaired) electrons. The maximum Gasteiger partial charge on any atom is 0.258 e. The molecule has 4 fully saturated rings. The van der Waals surface area contributed by atoms with Crippen LogP contribution >= 0.6 is 0 Å². The first-order valence-corrected chi connectivity index (χ1v) is 10.5. The smallest absolute Gasteiger partial charge is 0.258 e. The van der Waals surface area contributed by atoms with Gasteiger partial charge in [-0.1, -0.05) is 19.1 Å². The van der Waals surface area contributed by atoms with Crippen LogP contribution in [-0.4, -0.2) is 36.8 Å². The van der Waals surface area contributed by atoms with E-state index in [0.717, 1.165) is 38.7 Å². The Bertz CT molecular complexity index is 805. The molecule has 6 heteroatoms. The van der Waals surface area contributed by atoms with Crippen molar-refractivity contribution in [2.45, 2.75) is 57.3 Å². The third-order valence-electron chi connectivity index (χ3n) is 7.34. The zero-order valence-corrected chi connectivity index (χ0v) is 16.3. The summed E-state index contributed by atoms with van der Waals surface area (Å²) in [5.41, 5.74) is -0.288. The van der Waals surface area contributed by atoms with Gasteiger partial charge in [0.15, 0.2) is 5.72 Å². The van der Waals surface area contributed by atoms with Gasteiger partial charge >= 0.3 is 0 Å². The Morgan fingerprint density at radius 1 is 1.32 bits per heavy atom. The first-order valence-electron chi connectivity index (χ1n) is 10.5. The van der Waals surface area contributed by atoms with Gasteiger partial charge in [-0.05, 0) is 49.7 Å². The Balaban J connectivity index is 1.34. The SMILES string of the molecule is C[C@@]12CC[C@@H](C[C@@H]1C(=O)NC[C@H]1CCCO1)[C@]1(C2)NC(=O)c2ccccc2O1. The van der Waals surface area contributed by atoms with Gasteiger partial charge in [0.05, 0.1) is 11.7 Å². The maximum atomic E-state index is 13.0. The monoisotopic (exact) mass is 384 g/mol. The molecule has 1 aromatic rings. The number of hydrogen-bond acceptors (Lipinski definition) is 4. The fraction of sp³-hybridized carbons (Fsp3) is 0.636. The second-order valence-electron chi connectivity index (χ2n) is 9.18. The normalized spacial score (nSPS) is 38.6. The van der Waals surface area contributed by atoms with Crippen LogP contribution in [-0.2, 0) is 9.53 Å². The Morgan fingerprint density at radius 3 is 2.96 bits per heavy atom. The van der Waals surface area contributed by atoms with Crippen molar-refractivity contribution in [3.8, 4) is 5.75 Å². The van der Waals surface area contributed by atoms with E-state index in [1.54, 1.807) is 6.07 Å². The second-order valence-corrected chi connectivity index (χ2v) is 9.18. The number of ether oxygens (including phenoxy) is 2. The number of rotatable bonds is 3. The van der Waals surface area contributed by atoms with E-state index in [0.29, 0.717) is 24.3 Å². The lowest BCUT2D eigenvalue weighted by atomic mass is 9.52. The van der Waals surface area contributed by atoms with Crippen LogP contribution < -0.4 is 15.4 Å². The number of para-hydroxylation sites is 1. The highest BCUT2D eigenvalue weighted by Crippen LogP contribution is 2.58. The average Bonchev–Trinajstić information content (AvgIpc) is 3.19. The number of carbonyl (C=O) groups is 2. The fourth-order valence-corrected chi connectivity index (χ4v) is 5.80. The van der Waals surface area contributed by atoms with Gasteiger partial charge in [0, 0.05) is 31.4 Å². The first-order chi connectivity index (χ1) is 13.5. The minimum Gasteiger partial charge on any atom is -0.467 e. The van der Waals surface area contributed by atoms with E-state index >= 15 is 0 Å². The highest BCUT2D eigenvalue weighted by atomic mass is 16.5. The van der Waals surface area contributed by atoms with Crippen LogP contribution in [0.25, 0.3) is 0 Å². The minimum absolute atomic E-state index is 0.0454. The highest BCUT2D eigenvalue weighted by Gasteiger charge is 2.61. The summed E-state index contributed by atoms with van der Waals surface area (Å²) >= 11 is 0. The predicted octanol–water partition coefficient (Wildman–Crippen LogP) is 2.63. The Hall–Kier alpha value is -2.08. The molecule has 3 saturated carbocycles. The molecule has 2 amide bonds. The van der Waals surface area contributed by atoms with Crippen LogP contribution in [0, 0.1) is 17.3 Å². The third-order valence-corrected chi connectivity index (χ3v) is 7.34. The molecule has 5 aliphatic rings. The number of nitrogens with one attached hydrogen (secondary N) is 2. The van der Waals surface area contributed by atoms with E-state index in [1.165, 1.54) is 0 Å². The zero-order valence-electron chi connectivity index (χ0n) is 16.3. The molecule has 2 aliphatic heterocycles. The molecular formula is C22H28N2O4. The van der Waals surface area contributed by atoms with Gasteiger partial charge in [0.25, 0.3) is 5.91 Å². The summed E-state index contributed by atoms with van der Waals surface area (Å²) in [6.07, 6.45) is 5.62. The fourth-order valence-electron chi connectivity index (χ4n) is 5.80. The summed E-state index contributed by atoms with van der Waals surface area (Å²) in [6.45, 7) is 3.57. The number of fused-ring (bicyclic) bond motifs is 3. The molecule has 1 spiro atoms. The van der Waals surface area contributed by atoms with Crippen molar-refractivity contribution in [3.63, 3.8) is 0 Å². The number of carbonyl (C=O) groups excluding carboxylic acids is 2. The van der Waals surface area contributed by atoms with Crippen molar-refractivity contribution in [2.75, 3.05) is 13.2 Å². The quantitative estimate of drug-likeness (QED) is 0.840. The molecule has 0 aromatic heterocycles. The number of amides is 2. The molecule has 28 heavy (non-hydrogen) atoms. The third kappa shape index (κ3) is 2.81. The average molecular weight is 384 g/mol. The lowest BCUT2D eigenvalue weighted by molar-refractivity contribution is -0.167. The van der Waals surface area contributed by atoms with E-state index in [9.17, 15) is 9.59 Å². The van der Waals surface area contributed by atoms with Crippen LogP contribution in [0.2, 0.25) is 0 Å². The molecule has 1 saturated heterocycles. The molecule has 150 valence electrons. The topological polar surface area (TPSA) is 76.7 Å². The summed E-state index contributed by atoms with van der Waals surface area (Å²) in [5, 5.41) is 6.30. The lowest BCUT2D eigenvalue weighted by Gasteiger charge is -2.59. The van der Waals surface area contributed by atoms with Gasteiger partial charge in [-0.15, -0.1) is 0 Å². The van der Waals surface area contributed by atoms with Crippen molar-refractivity contribution < 1.29 is 19.1 Å². The van der Waals surface area contributed by atoms with Crippen LogP contribution in [0.4, 0.5) is 0 Å². The Morgan fingerprint density at radius 2 is 2.18 bits per heavy atom. The summed E-state index contributed by atoms with van der Waals surface area (Å²) in [7, 11) is 0. The highest BCUT2D eigenvalue weighted by molar-refractivity contribution is 5.98. The molecule has 3 aliphatic carbocycles. The molecule has 0 unspecified atom stereocenters. The lowest BCUT2D eigenvalue weighted by Crippen LogP contribution is -2.69. The summed E-state index contributed by atoms with van der Waals surface area (Å²) in [4.78, 5) is 25.7. The summed E-state index contributed by atoms with van der Waals surface area (Å²) in [6, 6.07) is 7.41. The summed E-state index contributed by atoms with van der Waals surface area (Å²) in [5.74, 6) is 0.806. The molecule has 2 N–H and O–H groups in total. The van der Waals surface area contributed by atoms with Gasteiger partial charge in [0.1, 0.15) is 5.75 Å². The van der Waals surface area contributed by atoms with Gasteiger partial charge in [-0.25, -0.2) is 0 Å². The number of benzene rings is 1. The summed E-state index contributed by atoms with van der Waals surface area (Å²) < 4.78 is 12.0. The van der Waals surface area contributed by atoms with Crippen molar-refractivity contribution >= 4 is 11.8 Å². The Kier molecular flexibility index (Phi) is 4.16. The standard InChI is InChI=1S/C22H28N2O4/c1-21-9-8-14(11-17(21)20(26)23-12-15-5-4-10-27-15)22(13-21)24-19(25)16-6-2-3-7-18(16)28-22/h2-3,6-7,14-15,17H,4-5,8-13H2,1H3,(H,23,26)(H,24,25)/t14-,15+,17+,21-,22+/m0/s1. The molecule has 6 nitrogen and oxygen atoms in total. The van der Waals surface area contributed by atoms with Crippen LogP contribution in [0.3, 0.4) is 0 Å². The van der Waals surface area contributed by atoms with Gasteiger partial charge < -0.3 is 20.1 Å². The molecule has 5 atom stereocenters. The van der Waals surface area contributed by atoms with Gasteiger partial charge in [-0.3, -0.25) is 9.59 Å². The van der Waals surface area contributed by atoms with Crippen LogP contribution in [0.1, 0.15) is 55.8 Å². The van der Waals surface area contributed by atoms with E-state index in [1.807, 2.05) is 18.2 Å². The largest absolute Gasteiger partial charge is 0.467 e. The predicted molar refractivity (Wildman–Crippen MR) is 103 cm³/mol. The van der Waals surface area contributed by atoms with E-state index < -0.39 is 5.72 Å². The molecule has 2 heterocycles. The molecule has 6 rings (SSSR count). The van der Waals surface area contributed by atoms with Gasteiger partial charge in [0.2, 0.25) is 5.91 Å². The minimum atomic E-state index is -0.691. The van der Waals surface area contributed by atoms with Crippen molar-refractivity contribution in [1.29, 1.82) is 0 Å². The van der Waals surface area contributed by atoms with Crippen LogP contribution in [0.5, 0.6) is 5.75 Å². The maximum absolute atomic E-state index is 13.0. The van der Waals surface area contributed by atoms with E-state index in [2.05, 4.69) is 17.6 Å². The molecular weight excluding hydrogens is 356 g/mol. The zero-order chi connectivity index (χ0) is 19.4. The first kappa shape index (κ1) is 18.0. The Labute approximate surface area is 165 Å². The van der Waals surface area contributed by atoms with Crippen molar-refractivity contribution in [3.05, 3.63) is 29.8 Å². The second kappa shape index (κ2) is 6.48. The van der Waals surface area contributed by atoms with E-state index in [4.69, 9.17) is 9.47 Å². The van der Waals surface area contributed by atoms with Crippen LogP contribution in [0.15, 0.2) is 24.3 Å².